The highest BCUT2D eigenvalue weighted by molar-refractivity contribution is 5.27. The van der Waals surface area contributed by atoms with Crippen LogP contribution in [0.4, 0.5) is 0 Å². The third kappa shape index (κ3) is 1.98. The minimum atomic E-state index is 0.996. The van der Waals surface area contributed by atoms with Crippen molar-refractivity contribution in [3.63, 3.8) is 0 Å². The van der Waals surface area contributed by atoms with Gasteiger partial charge in [-0.15, -0.1) is 0 Å². The summed E-state index contributed by atoms with van der Waals surface area (Å²) in [6.07, 6.45) is 1.13. The first-order valence-corrected chi connectivity index (χ1v) is 5.58. The quantitative estimate of drug-likeness (QED) is 0.741. The first kappa shape index (κ1) is 11.2. The van der Waals surface area contributed by atoms with Crippen molar-refractivity contribution in [2.75, 3.05) is 6.54 Å². The van der Waals surface area contributed by atoms with Crippen LogP contribution in [0.3, 0.4) is 0 Å². The predicted molar refractivity (Wildman–Crippen MR) is 59.4 cm³/mol. The fourth-order valence-corrected chi connectivity index (χ4v) is 1.86. The molecule has 3 heteroatoms. The molecule has 1 aromatic rings. The van der Waals surface area contributed by atoms with Crippen molar-refractivity contribution in [3.8, 4) is 0 Å². The Morgan fingerprint density at radius 2 is 2.14 bits per heavy atom. The maximum absolute atomic E-state index is 4.49. The summed E-state index contributed by atoms with van der Waals surface area (Å²) in [6, 6.07) is 0. The van der Waals surface area contributed by atoms with E-state index in [4.69, 9.17) is 0 Å². The molecule has 14 heavy (non-hydrogen) atoms. The van der Waals surface area contributed by atoms with Crippen LogP contribution in [0, 0.1) is 6.92 Å². The predicted octanol–water partition coefficient (Wildman–Crippen LogP) is 1.88. The number of aryl methyl sites for hydroxylation is 2. The van der Waals surface area contributed by atoms with Gasteiger partial charge in [-0.05, 0) is 13.8 Å². The second kappa shape index (κ2) is 5.15. The zero-order chi connectivity index (χ0) is 10.6. The van der Waals surface area contributed by atoms with Gasteiger partial charge >= 0.3 is 0 Å². The molecule has 3 nitrogen and oxygen atoms in total. The summed E-state index contributed by atoms with van der Waals surface area (Å²) in [4.78, 5) is 0. The molecule has 1 aliphatic rings. The van der Waals surface area contributed by atoms with Crippen molar-refractivity contribution in [3.05, 3.63) is 17.0 Å². The van der Waals surface area contributed by atoms with Gasteiger partial charge in [0.15, 0.2) is 0 Å². The third-order valence-corrected chi connectivity index (χ3v) is 2.51. The molecular formula is C11H21N3. The second-order valence-corrected chi connectivity index (χ2v) is 3.25. The Morgan fingerprint density at radius 1 is 1.43 bits per heavy atom. The molecule has 0 aromatic carbocycles. The fraction of sp³-hybridized carbons (Fsp3) is 0.727. The maximum atomic E-state index is 4.49. The van der Waals surface area contributed by atoms with Gasteiger partial charge in [-0.2, -0.15) is 5.10 Å². The lowest BCUT2D eigenvalue weighted by molar-refractivity contribution is 0.571. The van der Waals surface area contributed by atoms with Crippen molar-refractivity contribution in [1.29, 1.82) is 0 Å². The van der Waals surface area contributed by atoms with Gasteiger partial charge in [0.25, 0.3) is 0 Å². The Hall–Kier alpha value is -0.830. The van der Waals surface area contributed by atoms with Crippen molar-refractivity contribution in [1.82, 2.24) is 15.1 Å². The molecule has 1 aliphatic heterocycles. The number of hydrogen-bond acceptors (Lipinski definition) is 2. The van der Waals surface area contributed by atoms with Gasteiger partial charge in [0.1, 0.15) is 0 Å². The van der Waals surface area contributed by atoms with Gasteiger partial charge in [-0.25, -0.2) is 0 Å². The van der Waals surface area contributed by atoms with Gasteiger partial charge in [0, 0.05) is 37.3 Å². The van der Waals surface area contributed by atoms with Gasteiger partial charge in [-0.1, -0.05) is 13.8 Å². The number of fused-ring (bicyclic) bond motifs is 1. The third-order valence-electron chi connectivity index (χ3n) is 2.51. The Balaban J connectivity index is 0.000000461. The number of aromatic nitrogens is 2. The van der Waals surface area contributed by atoms with E-state index in [-0.39, 0.29) is 0 Å². The van der Waals surface area contributed by atoms with Crippen LogP contribution in [0.1, 0.15) is 37.7 Å². The van der Waals surface area contributed by atoms with Crippen LogP contribution >= 0.6 is 0 Å². The van der Waals surface area contributed by atoms with Gasteiger partial charge < -0.3 is 5.32 Å². The lowest BCUT2D eigenvalue weighted by Crippen LogP contribution is -2.24. The van der Waals surface area contributed by atoms with Crippen LogP contribution in [0.15, 0.2) is 0 Å². The highest BCUT2D eigenvalue weighted by atomic mass is 15.3. The molecule has 0 spiro atoms. The van der Waals surface area contributed by atoms with Crippen LogP contribution in [0.5, 0.6) is 0 Å². The average molecular weight is 195 g/mol. The summed E-state index contributed by atoms with van der Waals surface area (Å²) in [5.74, 6) is 0. The molecule has 0 unspecified atom stereocenters. The molecular weight excluding hydrogens is 174 g/mol. The van der Waals surface area contributed by atoms with Crippen LogP contribution < -0.4 is 5.32 Å². The van der Waals surface area contributed by atoms with E-state index in [9.17, 15) is 0 Å². The van der Waals surface area contributed by atoms with Gasteiger partial charge in [0.2, 0.25) is 0 Å². The van der Waals surface area contributed by atoms with E-state index >= 15 is 0 Å². The second-order valence-electron chi connectivity index (χ2n) is 3.25. The SMILES string of the molecule is CC.CCn1nc(C)c2c1CCNC2. The lowest BCUT2D eigenvalue weighted by Gasteiger charge is -2.14. The Kier molecular flexibility index (Phi) is 4.14. The Bertz CT molecular complexity index is 289. The van der Waals surface area contributed by atoms with E-state index in [1.165, 1.54) is 17.0 Å². The summed E-state index contributed by atoms with van der Waals surface area (Å²) >= 11 is 0. The maximum Gasteiger partial charge on any atom is 0.0641 e. The number of rotatable bonds is 1. The molecule has 80 valence electrons. The van der Waals surface area contributed by atoms with E-state index in [2.05, 4.69) is 28.9 Å². The molecule has 0 radical (unpaired) electrons. The van der Waals surface area contributed by atoms with E-state index in [1.807, 2.05) is 13.8 Å². The van der Waals surface area contributed by atoms with Gasteiger partial charge in [-0.3, -0.25) is 4.68 Å². The van der Waals surface area contributed by atoms with E-state index in [0.717, 1.165) is 26.1 Å². The molecule has 0 bridgehead atoms. The van der Waals surface area contributed by atoms with Crippen LogP contribution in [0.2, 0.25) is 0 Å². The van der Waals surface area contributed by atoms with Crippen molar-refractivity contribution in [2.45, 2.75) is 47.2 Å². The van der Waals surface area contributed by atoms with Gasteiger partial charge in [0.05, 0.1) is 5.69 Å². The summed E-state index contributed by atoms with van der Waals surface area (Å²) in [6.45, 7) is 11.3. The highest BCUT2D eigenvalue weighted by Gasteiger charge is 2.16. The topological polar surface area (TPSA) is 29.9 Å². The van der Waals surface area contributed by atoms with Crippen LogP contribution in [-0.4, -0.2) is 16.3 Å². The van der Waals surface area contributed by atoms with Crippen molar-refractivity contribution >= 4 is 0 Å². The fourth-order valence-electron chi connectivity index (χ4n) is 1.86. The molecule has 1 N–H and O–H groups in total. The molecule has 0 saturated heterocycles. The molecule has 0 aliphatic carbocycles. The van der Waals surface area contributed by atoms with Crippen LogP contribution in [0.25, 0.3) is 0 Å². The van der Waals surface area contributed by atoms with Crippen molar-refractivity contribution < 1.29 is 0 Å². The molecule has 2 heterocycles. The first-order chi connectivity index (χ1) is 6.83. The van der Waals surface area contributed by atoms with Crippen molar-refractivity contribution in [2.24, 2.45) is 0 Å². The highest BCUT2D eigenvalue weighted by Crippen LogP contribution is 2.17. The summed E-state index contributed by atoms with van der Waals surface area (Å²) in [7, 11) is 0. The molecule has 2 rings (SSSR count). The standard InChI is InChI=1S/C9H15N3.C2H6/c1-3-12-9-4-5-10-6-8(9)7(2)11-12;1-2/h10H,3-6H2,1-2H3;1-2H3. The largest absolute Gasteiger partial charge is 0.312 e. The summed E-state index contributed by atoms with van der Waals surface area (Å²) in [5, 5.41) is 7.85. The average Bonchev–Trinajstić information content (AvgIpc) is 2.59. The molecule has 0 amide bonds. The number of nitrogens with one attached hydrogen (secondary N) is 1. The van der Waals surface area contributed by atoms with Crippen LogP contribution in [-0.2, 0) is 19.5 Å². The monoisotopic (exact) mass is 195 g/mol. The van der Waals surface area contributed by atoms with E-state index in [0.29, 0.717) is 0 Å². The summed E-state index contributed by atoms with van der Waals surface area (Å²) in [5.41, 5.74) is 4.05. The molecule has 0 atom stereocenters. The van der Waals surface area contributed by atoms with E-state index < -0.39 is 0 Å². The Labute approximate surface area is 86.5 Å². The molecule has 0 saturated carbocycles. The normalized spacial score (nSPS) is 14.3. The minimum absolute atomic E-state index is 0.996. The first-order valence-electron chi connectivity index (χ1n) is 5.58. The smallest absolute Gasteiger partial charge is 0.0641 e. The zero-order valence-corrected chi connectivity index (χ0v) is 9.72. The van der Waals surface area contributed by atoms with E-state index in [1.54, 1.807) is 0 Å². The lowest BCUT2D eigenvalue weighted by atomic mass is 10.1. The number of nitrogens with zero attached hydrogens (tertiary/aromatic N) is 2. The number of hydrogen-bond donors (Lipinski definition) is 1. The Morgan fingerprint density at radius 3 is 2.79 bits per heavy atom. The minimum Gasteiger partial charge on any atom is -0.312 e. The summed E-state index contributed by atoms with van der Waals surface area (Å²) < 4.78 is 2.13. The molecule has 1 aromatic heterocycles. The zero-order valence-electron chi connectivity index (χ0n) is 9.72. The molecule has 0 fully saturated rings.